The summed E-state index contributed by atoms with van der Waals surface area (Å²) in [4.78, 5) is 55.0. The maximum absolute atomic E-state index is 11.9. The molecular weight excluding hydrogens is 641 g/mol. The van der Waals surface area contributed by atoms with E-state index in [0.29, 0.717) is 30.9 Å². The Morgan fingerprint density at radius 2 is 1.69 bits per heavy atom. The summed E-state index contributed by atoms with van der Waals surface area (Å²) in [6, 6.07) is 6.83. The van der Waals surface area contributed by atoms with Gasteiger partial charge in [-0.3, -0.25) is 9.13 Å². The highest BCUT2D eigenvalue weighted by molar-refractivity contribution is 7.74. The van der Waals surface area contributed by atoms with Crippen molar-refractivity contribution in [3.63, 3.8) is 0 Å². The van der Waals surface area contributed by atoms with Gasteiger partial charge in [0.1, 0.15) is 19.0 Å². The summed E-state index contributed by atoms with van der Waals surface area (Å²) in [5.41, 5.74) is 2.80. The number of rotatable bonds is 19. The number of hydrazone groups is 1. The molecule has 0 radical (unpaired) electrons. The summed E-state index contributed by atoms with van der Waals surface area (Å²) in [6.07, 6.45) is -0.175. The van der Waals surface area contributed by atoms with E-state index in [1.165, 1.54) is 11.1 Å². The summed E-state index contributed by atoms with van der Waals surface area (Å²) < 4.78 is 39.1. The third kappa shape index (κ3) is 13.6. The van der Waals surface area contributed by atoms with Crippen LogP contribution in [0.15, 0.2) is 29.4 Å². The first kappa shape index (κ1) is 38.1. The lowest BCUT2D eigenvalue weighted by molar-refractivity contribution is 0.0753. The summed E-state index contributed by atoms with van der Waals surface area (Å²) >= 11 is 11.3. The largest absolute Gasteiger partial charge is 0.494 e. The van der Waals surface area contributed by atoms with Crippen molar-refractivity contribution in [3.8, 4) is 5.75 Å². The number of aliphatic hydroxyl groups is 1. The number of hydrogen-bond acceptors (Lipinski definition) is 10. The number of amides is 2. The molecule has 42 heavy (non-hydrogen) atoms. The van der Waals surface area contributed by atoms with Crippen LogP contribution in [0.1, 0.15) is 18.4 Å². The Balaban J connectivity index is 2.39. The summed E-state index contributed by atoms with van der Waals surface area (Å²) in [6.45, 7) is 1.59. The van der Waals surface area contributed by atoms with E-state index in [-0.39, 0.29) is 51.2 Å². The molecule has 240 valence electrons. The van der Waals surface area contributed by atoms with E-state index in [1.54, 1.807) is 36.2 Å². The molecule has 0 heterocycles. The van der Waals surface area contributed by atoms with Gasteiger partial charge in [0, 0.05) is 51.0 Å². The second-order valence-electron chi connectivity index (χ2n) is 9.01. The van der Waals surface area contributed by atoms with Gasteiger partial charge in [-0.25, -0.2) is 15.0 Å². The van der Waals surface area contributed by atoms with E-state index in [4.69, 9.17) is 37.4 Å². The van der Waals surface area contributed by atoms with Gasteiger partial charge in [0.25, 0.3) is 0 Å². The van der Waals surface area contributed by atoms with E-state index in [9.17, 15) is 38.5 Å². The second kappa shape index (κ2) is 18.7. The van der Waals surface area contributed by atoms with Crippen molar-refractivity contribution in [1.82, 2.24) is 15.2 Å². The summed E-state index contributed by atoms with van der Waals surface area (Å²) in [5.74, 6) is 0.977. The molecule has 0 aromatic heterocycles. The smallest absolute Gasteiger partial charge is 0.427 e. The van der Waals surface area contributed by atoms with Gasteiger partial charge in [0.05, 0.1) is 12.8 Å². The number of alkyl halides is 2. The summed E-state index contributed by atoms with van der Waals surface area (Å²) in [7, 11) is -8.11. The fourth-order valence-corrected chi connectivity index (χ4v) is 6.55. The van der Waals surface area contributed by atoms with Crippen LogP contribution in [-0.2, 0) is 18.6 Å². The number of ether oxygens (including phenoxy) is 3. The fraction of sp³-hybridized carbons (Fsp3) is 0.609. The van der Waals surface area contributed by atoms with Crippen LogP contribution >= 0.6 is 38.2 Å². The average molecular weight is 679 g/mol. The Labute approximate surface area is 254 Å². The van der Waals surface area contributed by atoms with Gasteiger partial charge >= 0.3 is 19.8 Å². The van der Waals surface area contributed by atoms with Gasteiger partial charge in [-0.05, 0) is 31.2 Å². The molecule has 0 aliphatic heterocycles. The van der Waals surface area contributed by atoms with Crippen molar-refractivity contribution in [2.75, 3.05) is 71.5 Å². The lowest BCUT2D eigenvalue weighted by Gasteiger charge is -2.32. The van der Waals surface area contributed by atoms with E-state index in [2.05, 4.69) is 10.5 Å². The molecular formula is C23H38Cl2N4O11P2. The standard InChI is InChI=1S/C23H38Cl2N4O11P2/c1-28(11-7-23(32,41(2,33)34)42(35,36)37)10-4-14-38-20-6-3-5-19(17-20)18-26-27-21(30)39-15-16-40-22(31)29(12-8-24)13-9-25/h3,5-6,17-18,32H,4,7-16H2,1-2H3,(H,27,30)(H,33,34)(H2,35,36,37)/b26-18+. The van der Waals surface area contributed by atoms with Crippen LogP contribution in [0, 0.1) is 0 Å². The van der Waals surface area contributed by atoms with Gasteiger partial charge in [-0.2, -0.15) is 5.10 Å². The van der Waals surface area contributed by atoms with Gasteiger partial charge in [0.15, 0.2) is 0 Å². The molecule has 1 aromatic rings. The van der Waals surface area contributed by atoms with Gasteiger partial charge in [-0.15, -0.1) is 23.2 Å². The van der Waals surface area contributed by atoms with Crippen LogP contribution in [0.2, 0.25) is 0 Å². The zero-order chi connectivity index (χ0) is 31.8. The van der Waals surface area contributed by atoms with E-state index >= 15 is 0 Å². The van der Waals surface area contributed by atoms with E-state index in [1.807, 2.05) is 0 Å². The van der Waals surface area contributed by atoms with Crippen molar-refractivity contribution in [1.29, 1.82) is 0 Å². The van der Waals surface area contributed by atoms with E-state index < -0.39 is 38.7 Å². The molecule has 0 aliphatic carbocycles. The Morgan fingerprint density at radius 3 is 2.29 bits per heavy atom. The van der Waals surface area contributed by atoms with Crippen molar-refractivity contribution < 1.29 is 52.7 Å². The van der Waals surface area contributed by atoms with Crippen molar-refractivity contribution in [2.45, 2.75) is 17.9 Å². The molecule has 15 nitrogen and oxygen atoms in total. The molecule has 0 spiro atoms. The Morgan fingerprint density at radius 1 is 1.05 bits per heavy atom. The van der Waals surface area contributed by atoms with Crippen LogP contribution in [-0.4, -0.2) is 125 Å². The SMILES string of the molecule is CN(CCCOc1cccc(/C=N/NC(=O)OCCOC(=O)N(CCCl)CCCl)c1)CCC(O)(P(C)(=O)O)P(=O)(O)O. The molecule has 0 aliphatic rings. The number of nitrogens with zero attached hydrogens (tertiary/aromatic N) is 3. The Bertz CT molecular complexity index is 1090. The molecule has 5 N–H and O–H groups in total. The molecule has 2 unspecified atom stereocenters. The first-order chi connectivity index (χ1) is 19.6. The Hall–Kier alpha value is -1.93. The highest BCUT2D eigenvalue weighted by Gasteiger charge is 2.56. The van der Waals surface area contributed by atoms with E-state index in [0.717, 1.165) is 0 Å². The molecule has 0 bridgehead atoms. The molecule has 0 saturated carbocycles. The number of hydrogen-bond donors (Lipinski definition) is 5. The second-order valence-corrected chi connectivity index (χ2v) is 14.4. The topological polar surface area (TPSA) is 208 Å². The lowest BCUT2D eigenvalue weighted by Crippen LogP contribution is -2.35. The van der Waals surface area contributed by atoms with Crippen LogP contribution < -0.4 is 10.2 Å². The normalized spacial score (nSPS) is 14.7. The van der Waals surface area contributed by atoms with Crippen LogP contribution in [0.4, 0.5) is 9.59 Å². The minimum Gasteiger partial charge on any atom is -0.494 e. The van der Waals surface area contributed by atoms with Crippen molar-refractivity contribution in [3.05, 3.63) is 29.8 Å². The van der Waals surface area contributed by atoms with Crippen LogP contribution in [0.5, 0.6) is 5.75 Å². The van der Waals surface area contributed by atoms with Gasteiger partial charge in [0.2, 0.25) is 12.5 Å². The quantitative estimate of drug-likeness (QED) is 0.0470. The molecule has 2 atom stereocenters. The number of carbonyl (C=O) groups excluding carboxylic acids is 2. The van der Waals surface area contributed by atoms with Gasteiger partial charge < -0.3 is 43.8 Å². The molecule has 0 fully saturated rings. The number of nitrogens with one attached hydrogen (secondary N) is 1. The van der Waals surface area contributed by atoms with Crippen LogP contribution in [0.25, 0.3) is 0 Å². The molecule has 2 amide bonds. The maximum atomic E-state index is 11.9. The zero-order valence-electron chi connectivity index (χ0n) is 23.3. The monoisotopic (exact) mass is 678 g/mol. The lowest BCUT2D eigenvalue weighted by atomic mass is 10.2. The molecule has 1 rings (SSSR count). The maximum Gasteiger partial charge on any atom is 0.427 e. The minimum atomic E-state index is -5.25. The number of carbonyl (C=O) groups is 2. The summed E-state index contributed by atoms with van der Waals surface area (Å²) in [5, 5.41) is 11.0. The molecule has 0 saturated heterocycles. The Kier molecular flexibility index (Phi) is 16.9. The third-order valence-electron chi connectivity index (χ3n) is 5.65. The zero-order valence-corrected chi connectivity index (χ0v) is 26.6. The minimum absolute atomic E-state index is 0.0335. The fourth-order valence-electron chi connectivity index (χ4n) is 3.30. The first-order valence-corrected chi connectivity index (χ1v) is 17.4. The number of benzene rings is 1. The van der Waals surface area contributed by atoms with Crippen molar-refractivity contribution >= 4 is 56.6 Å². The molecule has 1 aromatic carbocycles. The highest BCUT2D eigenvalue weighted by Crippen LogP contribution is 2.69. The number of halogens is 2. The third-order valence-corrected chi connectivity index (χ3v) is 10.6. The highest BCUT2D eigenvalue weighted by atomic mass is 35.5. The van der Waals surface area contributed by atoms with Crippen molar-refractivity contribution in [2.24, 2.45) is 5.10 Å². The average Bonchev–Trinajstić information content (AvgIpc) is 2.91. The van der Waals surface area contributed by atoms with Gasteiger partial charge in [-0.1, -0.05) is 12.1 Å². The van der Waals surface area contributed by atoms with Crippen LogP contribution in [0.3, 0.4) is 0 Å². The molecule has 19 heteroatoms. The predicted octanol–water partition coefficient (Wildman–Crippen LogP) is 2.48. The predicted molar refractivity (Wildman–Crippen MR) is 158 cm³/mol. The first-order valence-electron chi connectivity index (χ1n) is 12.6.